The summed E-state index contributed by atoms with van der Waals surface area (Å²) in [6, 6.07) is 2.20. The van der Waals surface area contributed by atoms with Crippen molar-refractivity contribution >= 4 is 0 Å². The number of likely N-dealkylation sites (tertiary alicyclic amines) is 1. The highest BCUT2D eigenvalue weighted by Gasteiger charge is 2.28. The predicted octanol–water partition coefficient (Wildman–Crippen LogP) is 2.64. The number of hydrogen-bond acceptors (Lipinski definition) is 2. The van der Waals surface area contributed by atoms with Gasteiger partial charge in [-0.15, -0.1) is 0 Å². The topological polar surface area (TPSA) is 15.3 Å². The lowest BCUT2D eigenvalue weighted by molar-refractivity contribution is 0.260. The molecule has 2 rings (SSSR count). The molecule has 2 aliphatic rings. The molecule has 0 aromatic rings. The Bertz CT molecular complexity index is 209. The van der Waals surface area contributed by atoms with Gasteiger partial charge >= 0.3 is 0 Å². The minimum atomic E-state index is 0.716. The summed E-state index contributed by atoms with van der Waals surface area (Å²) in [6.45, 7) is 9.56. The van der Waals surface area contributed by atoms with E-state index >= 15 is 0 Å². The van der Waals surface area contributed by atoms with E-state index in [2.05, 4.69) is 31.0 Å². The molecule has 2 nitrogen and oxygen atoms in total. The molecule has 0 spiro atoms. The minimum absolute atomic E-state index is 0.716. The van der Waals surface area contributed by atoms with Gasteiger partial charge in [-0.1, -0.05) is 12.8 Å². The molecule has 16 heavy (non-hydrogen) atoms. The van der Waals surface area contributed by atoms with Crippen LogP contribution in [0.15, 0.2) is 0 Å². The maximum absolute atomic E-state index is 3.86. The first-order valence-electron chi connectivity index (χ1n) is 7.17. The fraction of sp³-hybridized carbons (Fsp3) is 1.00. The van der Waals surface area contributed by atoms with Crippen molar-refractivity contribution in [2.45, 2.75) is 71.0 Å². The maximum Gasteiger partial charge on any atom is 0.0209 e. The van der Waals surface area contributed by atoms with Crippen molar-refractivity contribution in [1.82, 2.24) is 10.2 Å². The molecule has 2 atom stereocenters. The Morgan fingerprint density at radius 1 is 1.06 bits per heavy atom. The van der Waals surface area contributed by atoms with Gasteiger partial charge in [0.05, 0.1) is 0 Å². The smallest absolute Gasteiger partial charge is 0.0209 e. The number of nitrogens with one attached hydrogen (secondary N) is 1. The van der Waals surface area contributed by atoms with Crippen LogP contribution in [0.5, 0.6) is 0 Å². The van der Waals surface area contributed by atoms with E-state index in [0.717, 1.165) is 18.0 Å². The summed E-state index contributed by atoms with van der Waals surface area (Å²) >= 11 is 0. The highest BCUT2D eigenvalue weighted by molar-refractivity contribution is 4.87. The van der Waals surface area contributed by atoms with Gasteiger partial charge in [-0.25, -0.2) is 0 Å². The molecule has 0 aromatic carbocycles. The summed E-state index contributed by atoms with van der Waals surface area (Å²) in [6.07, 6.45) is 7.16. The fourth-order valence-electron chi connectivity index (χ4n) is 3.36. The van der Waals surface area contributed by atoms with Gasteiger partial charge in [0.25, 0.3) is 0 Å². The Kier molecular flexibility index (Phi) is 4.26. The second kappa shape index (κ2) is 5.50. The maximum atomic E-state index is 3.86. The molecule has 2 fully saturated rings. The Morgan fingerprint density at radius 2 is 1.75 bits per heavy atom. The molecule has 1 saturated carbocycles. The number of nitrogens with zero attached hydrogens (tertiary/aromatic N) is 1. The van der Waals surface area contributed by atoms with Crippen molar-refractivity contribution in [3.8, 4) is 0 Å². The SMILES string of the molecule is CC(C)N1CCC(N[C@H](C)C2CCCC2)C1. The second-order valence-corrected chi connectivity index (χ2v) is 6.07. The second-order valence-electron chi connectivity index (χ2n) is 6.07. The molecule has 2 heteroatoms. The van der Waals surface area contributed by atoms with E-state index in [1.165, 1.54) is 45.2 Å². The van der Waals surface area contributed by atoms with E-state index in [9.17, 15) is 0 Å². The van der Waals surface area contributed by atoms with E-state index in [1.807, 2.05) is 0 Å². The number of rotatable bonds is 4. The summed E-state index contributed by atoms with van der Waals surface area (Å²) in [5.74, 6) is 0.952. The van der Waals surface area contributed by atoms with Crippen LogP contribution >= 0.6 is 0 Å². The van der Waals surface area contributed by atoms with E-state index in [-0.39, 0.29) is 0 Å². The molecule has 1 N–H and O–H groups in total. The molecule has 0 amide bonds. The zero-order valence-electron chi connectivity index (χ0n) is 11.2. The van der Waals surface area contributed by atoms with Crippen LogP contribution in [0.1, 0.15) is 52.9 Å². The van der Waals surface area contributed by atoms with Gasteiger partial charge in [-0.2, -0.15) is 0 Å². The monoisotopic (exact) mass is 224 g/mol. The molecule has 0 bridgehead atoms. The number of hydrogen-bond donors (Lipinski definition) is 1. The van der Waals surface area contributed by atoms with Crippen molar-refractivity contribution in [1.29, 1.82) is 0 Å². The predicted molar refractivity (Wildman–Crippen MR) is 69.7 cm³/mol. The van der Waals surface area contributed by atoms with Gasteiger partial charge in [0.1, 0.15) is 0 Å². The van der Waals surface area contributed by atoms with E-state index in [1.54, 1.807) is 0 Å². The first kappa shape index (κ1) is 12.4. The lowest BCUT2D eigenvalue weighted by atomic mass is 9.99. The van der Waals surface area contributed by atoms with Gasteiger partial charge in [-0.3, -0.25) is 4.90 Å². The van der Waals surface area contributed by atoms with E-state index in [4.69, 9.17) is 0 Å². The summed E-state index contributed by atoms with van der Waals surface area (Å²) in [7, 11) is 0. The summed E-state index contributed by atoms with van der Waals surface area (Å²) < 4.78 is 0. The van der Waals surface area contributed by atoms with Crippen molar-refractivity contribution in [2.24, 2.45) is 5.92 Å². The standard InChI is InChI=1S/C14H28N2/c1-11(2)16-9-8-14(10-16)15-12(3)13-6-4-5-7-13/h11-15H,4-10H2,1-3H3/t12-,14?/m1/s1. The van der Waals surface area contributed by atoms with Gasteiger partial charge in [0, 0.05) is 24.7 Å². The quantitative estimate of drug-likeness (QED) is 0.790. The zero-order chi connectivity index (χ0) is 11.5. The van der Waals surface area contributed by atoms with Crippen molar-refractivity contribution < 1.29 is 0 Å². The molecule has 0 radical (unpaired) electrons. The highest BCUT2D eigenvalue weighted by atomic mass is 15.2. The summed E-state index contributed by atoms with van der Waals surface area (Å²) in [5, 5.41) is 3.86. The largest absolute Gasteiger partial charge is 0.310 e. The average molecular weight is 224 g/mol. The van der Waals surface area contributed by atoms with E-state index in [0.29, 0.717) is 6.04 Å². The van der Waals surface area contributed by atoms with Gasteiger partial charge < -0.3 is 5.32 Å². The van der Waals surface area contributed by atoms with Crippen LogP contribution in [0.25, 0.3) is 0 Å². The van der Waals surface area contributed by atoms with Crippen molar-refractivity contribution in [2.75, 3.05) is 13.1 Å². The molecule has 1 heterocycles. The van der Waals surface area contributed by atoms with Crippen LogP contribution in [-0.4, -0.2) is 36.1 Å². The van der Waals surface area contributed by atoms with Crippen molar-refractivity contribution in [3.05, 3.63) is 0 Å². The molecule has 1 aliphatic heterocycles. The van der Waals surface area contributed by atoms with Crippen LogP contribution in [-0.2, 0) is 0 Å². The minimum Gasteiger partial charge on any atom is -0.310 e. The van der Waals surface area contributed by atoms with Crippen LogP contribution in [0.2, 0.25) is 0 Å². The van der Waals surface area contributed by atoms with Crippen LogP contribution in [0.4, 0.5) is 0 Å². The summed E-state index contributed by atoms with van der Waals surface area (Å²) in [4.78, 5) is 2.60. The molecular formula is C14H28N2. The van der Waals surface area contributed by atoms with Gasteiger partial charge in [0.2, 0.25) is 0 Å². The molecule has 1 saturated heterocycles. The molecule has 0 aromatic heterocycles. The summed E-state index contributed by atoms with van der Waals surface area (Å²) in [5.41, 5.74) is 0. The zero-order valence-corrected chi connectivity index (χ0v) is 11.2. The Morgan fingerprint density at radius 3 is 2.31 bits per heavy atom. The lowest BCUT2D eigenvalue weighted by Gasteiger charge is -2.25. The Hall–Kier alpha value is -0.0800. The Labute approximate surface area is 101 Å². The average Bonchev–Trinajstić information content (AvgIpc) is 2.87. The van der Waals surface area contributed by atoms with Gasteiger partial charge in [0.15, 0.2) is 0 Å². The third-order valence-electron chi connectivity index (χ3n) is 4.56. The van der Waals surface area contributed by atoms with Crippen LogP contribution < -0.4 is 5.32 Å². The third-order valence-corrected chi connectivity index (χ3v) is 4.56. The normalized spacial score (nSPS) is 30.4. The van der Waals surface area contributed by atoms with Crippen LogP contribution in [0.3, 0.4) is 0 Å². The first-order valence-corrected chi connectivity index (χ1v) is 7.17. The Balaban J connectivity index is 1.73. The molecule has 94 valence electrons. The first-order chi connectivity index (χ1) is 7.66. The third kappa shape index (κ3) is 2.98. The lowest BCUT2D eigenvalue weighted by Crippen LogP contribution is -2.42. The van der Waals surface area contributed by atoms with Gasteiger partial charge in [-0.05, 0) is 52.5 Å². The molecule has 1 aliphatic carbocycles. The van der Waals surface area contributed by atoms with Crippen molar-refractivity contribution in [3.63, 3.8) is 0 Å². The van der Waals surface area contributed by atoms with E-state index < -0.39 is 0 Å². The molecular weight excluding hydrogens is 196 g/mol. The fourth-order valence-corrected chi connectivity index (χ4v) is 3.36. The highest BCUT2D eigenvalue weighted by Crippen LogP contribution is 2.28. The molecule has 1 unspecified atom stereocenters. The van der Waals surface area contributed by atoms with Crippen LogP contribution in [0, 0.1) is 5.92 Å².